The third kappa shape index (κ3) is 6.13. The van der Waals surface area contributed by atoms with Crippen molar-refractivity contribution in [2.24, 2.45) is 0 Å². The van der Waals surface area contributed by atoms with Crippen LogP contribution in [0.4, 0.5) is 5.69 Å². The number of nitrogens with one attached hydrogen (secondary N) is 2. The molecular weight excluding hydrogens is 508 g/mol. The van der Waals surface area contributed by atoms with Crippen LogP contribution in [0.5, 0.6) is 5.75 Å². The van der Waals surface area contributed by atoms with Gasteiger partial charge in [0, 0.05) is 12.6 Å². The molecule has 3 aromatic rings. The van der Waals surface area contributed by atoms with Crippen molar-refractivity contribution in [3.63, 3.8) is 0 Å². The molecule has 1 aromatic carbocycles. The third-order valence-electron chi connectivity index (χ3n) is 7.22. The zero-order valence-corrected chi connectivity index (χ0v) is 23.9. The standard InChI is InChI=1S/C29H36N8O3/c1-7-36-10-8-9-22(36)16-32-28(39)24-17-37(35-34-24)25-13-21(15-31-18(25)2)33-27(38)23-12-20(29(3,4)5)11-19(14-30)26(23)40-6/h11-13,15,17,22H,7-10,16H2,1-6H3,(H,32,39)(H,33,38). The molecule has 11 nitrogen and oxygen atoms in total. The van der Waals surface area contributed by atoms with Gasteiger partial charge in [-0.2, -0.15) is 5.26 Å². The van der Waals surface area contributed by atoms with Gasteiger partial charge in [-0.15, -0.1) is 5.10 Å². The average molecular weight is 545 g/mol. The van der Waals surface area contributed by atoms with E-state index in [4.69, 9.17) is 4.74 Å². The predicted molar refractivity (Wildman–Crippen MR) is 151 cm³/mol. The Balaban J connectivity index is 1.54. The number of amides is 2. The third-order valence-corrected chi connectivity index (χ3v) is 7.22. The molecule has 0 bridgehead atoms. The molecule has 210 valence electrons. The molecular formula is C29H36N8O3. The van der Waals surface area contributed by atoms with Crippen LogP contribution < -0.4 is 15.4 Å². The number of hydrogen-bond acceptors (Lipinski definition) is 8. The Labute approximate surface area is 234 Å². The Kier molecular flexibility index (Phi) is 8.49. The summed E-state index contributed by atoms with van der Waals surface area (Å²) in [6.45, 7) is 12.5. The van der Waals surface area contributed by atoms with Gasteiger partial charge in [0.2, 0.25) is 0 Å². The molecule has 0 saturated carbocycles. The largest absolute Gasteiger partial charge is 0.495 e. The van der Waals surface area contributed by atoms with Crippen LogP contribution in [0.1, 0.15) is 78.2 Å². The first kappa shape index (κ1) is 28.7. The Bertz CT molecular complexity index is 1450. The van der Waals surface area contributed by atoms with Crippen LogP contribution in [-0.2, 0) is 5.41 Å². The molecule has 1 aliphatic heterocycles. The second-order valence-electron chi connectivity index (χ2n) is 10.9. The number of carbonyl (C=O) groups excluding carboxylic acids is 2. The second-order valence-corrected chi connectivity index (χ2v) is 10.9. The Hall–Kier alpha value is -4.30. The summed E-state index contributed by atoms with van der Waals surface area (Å²) in [5.41, 5.74) is 2.89. The van der Waals surface area contributed by atoms with Crippen LogP contribution in [0.15, 0.2) is 30.6 Å². The molecule has 1 aliphatic rings. The molecule has 4 rings (SSSR count). The van der Waals surface area contributed by atoms with Crippen molar-refractivity contribution in [3.05, 3.63) is 58.7 Å². The number of nitrogens with zero attached hydrogens (tertiary/aromatic N) is 6. The Morgan fingerprint density at radius 3 is 2.67 bits per heavy atom. The van der Waals surface area contributed by atoms with Gasteiger partial charge in [-0.05, 0) is 62.0 Å². The number of aryl methyl sites for hydroxylation is 1. The van der Waals surface area contributed by atoms with E-state index in [9.17, 15) is 14.9 Å². The van der Waals surface area contributed by atoms with Crippen LogP contribution >= 0.6 is 0 Å². The van der Waals surface area contributed by atoms with Gasteiger partial charge in [0.15, 0.2) is 5.69 Å². The maximum Gasteiger partial charge on any atom is 0.273 e. The maximum atomic E-state index is 13.4. The van der Waals surface area contributed by atoms with E-state index in [-0.39, 0.29) is 33.9 Å². The van der Waals surface area contributed by atoms with Crippen LogP contribution in [0.3, 0.4) is 0 Å². The molecule has 40 heavy (non-hydrogen) atoms. The highest BCUT2D eigenvalue weighted by atomic mass is 16.5. The van der Waals surface area contributed by atoms with E-state index in [2.05, 4.69) is 43.8 Å². The molecule has 1 unspecified atom stereocenters. The number of hydrogen-bond donors (Lipinski definition) is 2. The van der Waals surface area contributed by atoms with E-state index >= 15 is 0 Å². The molecule has 0 spiro atoms. The summed E-state index contributed by atoms with van der Waals surface area (Å²) in [6, 6.07) is 7.65. The first-order chi connectivity index (χ1) is 19.0. The van der Waals surface area contributed by atoms with Crippen molar-refractivity contribution in [2.45, 2.75) is 58.9 Å². The fourth-order valence-corrected chi connectivity index (χ4v) is 4.88. The number of methoxy groups -OCH3 is 1. The van der Waals surface area contributed by atoms with E-state index < -0.39 is 5.91 Å². The first-order valence-corrected chi connectivity index (χ1v) is 13.4. The average Bonchev–Trinajstić information content (AvgIpc) is 3.61. The quantitative estimate of drug-likeness (QED) is 0.439. The number of carbonyl (C=O) groups is 2. The van der Waals surface area contributed by atoms with Gasteiger partial charge in [0.25, 0.3) is 11.8 Å². The normalized spacial score (nSPS) is 15.5. The monoisotopic (exact) mass is 544 g/mol. The van der Waals surface area contributed by atoms with Gasteiger partial charge in [0.05, 0.1) is 47.7 Å². The van der Waals surface area contributed by atoms with Crippen LogP contribution in [0, 0.1) is 18.3 Å². The summed E-state index contributed by atoms with van der Waals surface area (Å²) in [5, 5.41) is 23.7. The predicted octanol–water partition coefficient (Wildman–Crippen LogP) is 3.61. The number of benzene rings is 1. The van der Waals surface area contributed by atoms with Gasteiger partial charge in [-0.25, -0.2) is 4.68 Å². The molecule has 11 heteroatoms. The number of rotatable bonds is 8. The van der Waals surface area contributed by atoms with E-state index in [1.54, 1.807) is 31.3 Å². The lowest BCUT2D eigenvalue weighted by atomic mass is 9.84. The van der Waals surface area contributed by atoms with Crippen molar-refractivity contribution < 1.29 is 14.3 Å². The van der Waals surface area contributed by atoms with Gasteiger partial charge < -0.3 is 15.4 Å². The number of aromatic nitrogens is 4. The Morgan fingerprint density at radius 2 is 2.00 bits per heavy atom. The highest BCUT2D eigenvalue weighted by Crippen LogP contribution is 2.32. The van der Waals surface area contributed by atoms with Crippen molar-refractivity contribution in [1.29, 1.82) is 5.26 Å². The molecule has 1 saturated heterocycles. The molecule has 2 aromatic heterocycles. The highest BCUT2D eigenvalue weighted by Gasteiger charge is 2.25. The maximum absolute atomic E-state index is 13.4. The number of nitriles is 1. The fraction of sp³-hybridized carbons (Fsp3) is 0.448. The van der Waals surface area contributed by atoms with Crippen molar-refractivity contribution in [2.75, 3.05) is 32.1 Å². The van der Waals surface area contributed by atoms with Gasteiger partial charge in [0.1, 0.15) is 11.8 Å². The molecule has 2 N–H and O–H groups in total. The van der Waals surface area contributed by atoms with Crippen molar-refractivity contribution >= 4 is 17.5 Å². The van der Waals surface area contributed by atoms with E-state index in [0.29, 0.717) is 29.7 Å². The minimum atomic E-state index is -0.442. The SMILES string of the molecule is CCN1CCCC1CNC(=O)c1cn(-c2cc(NC(=O)c3cc(C(C)(C)C)cc(C#N)c3OC)cnc2C)nn1. The van der Waals surface area contributed by atoms with Crippen LogP contribution in [-0.4, -0.2) is 69.5 Å². The van der Waals surface area contributed by atoms with Crippen molar-refractivity contribution in [3.8, 4) is 17.5 Å². The summed E-state index contributed by atoms with van der Waals surface area (Å²) in [4.78, 5) is 32.9. The molecule has 3 heterocycles. The summed E-state index contributed by atoms with van der Waals surface area (Å²) >= 11 is 0. The molecule has 1 fully saturated rings. The highest BCUT2D eigenvalue weighted by molar-refractivity contribution is 6.07. The lowest BCUT2D eigenvalue weighted by Gasteiger charge is -2.22. The van der Waals surface area contributed by atoms with Crippen LogP contribution in [0.25, 0.3) is 5.69 Å². The lowest BCUT2D eigenvalue weighted by molar-refractivity contribution is 0.0935. The number of pyridine rings is 1. The van der Waals surface area contributed by atoms with Gasteiger partial charge >= 0.3 is 0 Å². The number of anilines is 1. The summed E-state index contributed by atoms with van der Waals surface area (Å²) in [5.74, 6) is -0.522. The van der Waals surface area contributed by atoms with Crippen molar-refractivity contribution in [1.82, 2.24) is 30.2 Å². The molecule has 0 aliphatic carbocycles. The minimum Gasteiger partial charge on any atom is -0.495 e. The smallest absolute Gasteiger partial charge is 0.273 e. The molecule has 1 atom stereocenters. The van der Waals surface area contributed by atoms with E-state index in [1.165, 1.54) is 18.0 Å². The lowest BCUT2D eigenvalue weighted by Crippen LogP contribution is -2.40. The van der Waals surface area contributed by atoms with E-state index in [0.717, 1.165) is 31.5 Å². The van der Waals surface area contributed by atoms with Crippen LogP contribution in [0.2, 0.25) is 0 Å². The topological polar surface area (TPSA) is 138 Å². The summed E-state index contributed by atoms with van der Waals surface area (Å²) in [6.07, 6.45) is 5.28. The van der Waals surface area contributed by atoms with E-state index in [1.807, 2.05) is 20.8 Å². The molecule has 0 radical (unpaired) electrons. The Morgan fingerprint density at radius 1 is 1.23 bits per heavy atom. The first-order valence-electron chi connectivity index (χ1n) is 13.4. The zero-order valence-electron chi connectivity index (χ0n) is 23.9. The summed E-state index contributed by atoms with van der Waals surface area (Å²) in [7, 11) is 1.43. The minimum absolute atomic E-state index is 0.197. The number of likely N-dealkylation sites (tertiary alicyclic amines) is 1. The summed E-state index contributed by atoms with van der Waals surface area (Å²) < 4.78 is 6.90. The second kappa shape index (κ2) is 11.8. The fourth-order valence-electron chi connectivity index (χ4n) is 4.88. The van der Waals surface area contributed by atoms with Gasteiger partial charge in [-0.1, -0.05) is 32.9 Å². The zero-order chi connectivity index (χ0) is 29.0. The number of ether oxygens (including phenoxy) is 1. The molecule has 2 amide bonds. The van der Waals surface area contributed by atoms with Gasteiger partial charge in [-0.3, -0.25) is 19.5 Å². The number of likely N-dealkylation sites (N-methyl/N-ethyl adjacent to an activating group) is 1.